The van der Waals surface area contributed by atoms with Crippen LogP contribution in [0.5, 0.6) is 0 Å². The highest BCUT2D eigenvalue weighted by molar-refractivity contribution is 6.15. The van der Waals surface area contributed by atoms with E-state index in [1.807, 2.05) is 6.92 Å². The van der Waals surface area contributed by atoms with Crippen LogP contribution in [0.15, 0.2) is 30.3 Å². The lowest BCUT2D eigenvalue weighted by Crippen LogP contribution is -2.11. The second-order valence-corrected chi connectivity index (χ2v) is 3.75. The molecule has 0 fully saturated rings. The van der Waals surface area contributed by atoms with Crippen molar-refractivity contribution in [2.45, 2.75) is 25.9 Å². The maximum atomic E-state index is 12.8. The van der Waals surface area contributed by atoms with E-state index in [9.17, 15) is 18.0 Å². The van der Waals surface area contributed by atoms with E-state index < -0.39 is 17.7 Å². The molecule has 0 aliphatic heterocycles. The van der Waals surface area contributed by atoms with Gasteiger partial charge in [0.1, 0.15) is 0 Å². The van der Waals surface area contributed by atoms with Crippen LogP contribution in [0.1, 0.15) is 30.9 Å². The summed E-state index contributed by atoms with van der Waals surface area (Å²) >= 11 is 0. The van der Waals surface area contributed by atoms with Gasteiger partial charge in [-0.3, -0.25) is 0 Å². The van der Waals surface area contributed by atoms with E-state index >= 15 is 0 Å². The molecule has 1 aromatic carbocycles. The van der Waals surface area contributed by atoms with Gasteiger partial charge in [0.25, 0.3) is 0 Å². The Bertz CT molecular complexity index is 462. The Labute approximate surface area is 103 Å². The summed E-state index contributed by atoms with van der Waals surface area (Å²) in [4.78, 5) is 11.0. The number of carbonyl (C=O) groups is 1. The SMILES string of the molecule is CCCC=C(C(=O)O)c1ccccc1C(F)(F)F. The first-order valence-corrected chi connectivity index (χ1v) is 5.48. The van der Waals surface area contributed by atoms with Gasteiger partial charge < -0.3 is 5.11 Å². The van der Waals surface area contributed by atoms with Crippen LogP contribution < -0.4 is 0 Å². The van der Waals surface area contributed by atoms with Crippen molar-refractivity contribution in [1.29, 1.82) is 0 Å². The summed E-state index contributed by atoms with van der Waals surface area (Å²) in [5.41, 5.74) is -1.51. The predicted molar refractivity (Wildman–Crippen MR) is 62.0 cm³/mol. The van der Waals surface area contributed by atoms with Crippen LogP contribution in [0.3, 0.4) is 0 Å². The fourth-order valence-corrected chi connectivity index (χ4v) is 1.57. The molecule has 0 amide bonds. The van der Waals surface area contributed by atoms with E-state index in [2.05, 4.69) is 0 Å². The normalized spacial score (nSPS) is 12.6. The number of aliphatic carboxylic acids is 1. The molecule has 0 spiro atoms. The molecule has 0 unspecified atom stereocenters. The Balaban J connectivity index is 3.34. The highest BCUT2D eigenvalue weighted by Crippen LogP contribution is 2.35. The van der Waals surface area contributed by atoms with E-state index in [1.165, 1.54) is 24.3 Å². The zero-order valence-corrected chi connectivity index (χ0v) is 9.79. The summed E-state index contributed by atoms with van der Waals surface area (Å²) in [5, 5.41) is 9.01. The van der Waals surface area contributed by atoms with Crippen molar-refractivity contribution in [2.24, 2.45) is 0 Å². The van der Waals surface area contributed by atoms with Crippen molar-refractivity contribution >= 4 is 11.5 Å². The molecule has 18 heavy (non-hydrogen) atoms. The van der Waals surface area contributed by atoms with Crippen LogP contribution in [-0.2, 0) is 11.0 Å². The van der Waals surface area contributed by atoms with Crippen molar-refractivity contribution in [3.05, 3.63) is 41.5 Å². The third kappa shape index (κ3) is 3.35. The van der Waals surface area contributed by atoms with E-state index in [0.717, 1.165) is 6.07 Å². The number of alkyl halides is 3. The highest BCUT2D eigenvalue weighted by atomic mass is 19.4. The minimum atomic E-state index is -4.56. The average molecular weight is 258 g/mol. The van der Waals surface area contributed by atoms with E-state index in [1.54, 1.807) is 0 Å². The number of unbranched alkanes of at least 4 members (excludes halogenated alkanes) is 1. The molecule has 0 aromatic heterocycles. The molecule has 0 heterocycles. The van der Waals surface area contributed by atoms with Crippen molar-refractivity contribution in [2.75, 3.05) is 0 Å². The van der Waals surface area contributed by atoms with Gasteiger partial charge in [-0.15, -0.1) is 0 Å². The number of allylic oxidation sites excluding steroid dienone is 1. The van der Waals surface area contributed by atoms with Gasteiger partial charge in [0.2, 0.25) is 0 Å². The minimum Gasteiger partial charge on any atom is -0.478 e. The molecule has 0 bridgehead atoms. The Morgan fingerprint density at radius 1 is 1.33 bits per heavy atom. The predicted octanol–water partition coefficient (Wildman–Crippen LogP) is 3.97. The van der Waals surface area contributed by atoms with Gasteiger partial charge in [-0.1, -0.05) is 37.6 Å². The van der Waals surface area contributed by atoms with Crippen LogP contribution in [0.2, 0.25) is 0 Å². The maximum Gasteiger partial charge on any atom is 0.417 e. The van der Waals surface area contributed by atoms with Gasteiger partial charge in [-0.05, 0) is 12.5 Å². The number of carboxylic acids is 1. The topological polar surface area (TPSA) is 37.3 Å². The molecule has 0 aliphatic rings. The summed E-state index contributed by atoms with van der Waals surface area (Å²) in [6.45, 7) is 1.83. The van der Waals surface area contributed by atoms with E-state index in [-0.39, 0.29) is 11.1 Å². The molecule has 0 saturated heterocycles. The van der Waals surface area contributed by atoms with Gasteiger partial charge in [-0.25, -0.2) is 4.79 Å². The maximum absolute atomic E-state index is 12.8. The Kier molecular flexibility index (Phi) is 4.53. The Morgan fingerprint density at radius 3 is 2.44 bits per heavy atom. The monoisotopic (exact) mass is 258 g/mol. The second-order valence-electron chi connectivity index (χ2n) is 3.75. The first kappa shape index (κ1) is 14.3. The van der Waals surface area contributed by atoms with Crippen LogP contribution >= 0.6 is 0 Å². The lowest BCUT2D eigenvalue weighted by molar-refractivity contribution is -0.137. The lowest BCUT2D eigenvalue weighted by Gasteiger charge is -2.13. The molecule has 5 heteroatoms. The first-order valence-electron chi connectivity index (χ1n) is 5.48. The van der Waals surface area contributed by atoms with Crippen molar-refractivity contribution < 1.29 is 23.1 Å². The van der Waals surface area contributed by atoms with E-state index in [4.69, 9.17) is 5.11 Å². The van der Waals surface area contributed by atoms with Crippen LogP contribution in [0.25, 0.3) is 5.57 Å². The number of carboxylic acid groups (broad SMARTS) is 1. The molecule has 1 aromatic rings. The van der Waals surface area contributed by atoms with Gasteiger partial charge in [0, 0.05) is 5.56 Å². The average Bonchev–Trinajstić information content (AvgIpc) is 2.28. The largest absolute Gasteiger partial charge is 0.478 e. The van der Waals surface area contributed by atoms with Gasteiger partial charge in [0.05, 0.1) is 11.1 Å². The molecule has 0 radical (unpaired) electrons. The third-order valence-corrected chi connectivity index (χ3v) is 2.39. The summed E-state index contributed by atoms with van der Waals surface area (Å²) < 4.78 is 38.3. The summed E-state index contributed by atoms with van der Waals surface area (Å²) in [7, 11) is 0. The summed E-state index contributed by atoms with van der Waals surface area (Å²) in [6, 6.07) is 4.70. The zero-order valence-electron chi connectivity index (χ0n) is 9.79. The zero-order chi connectivity index (χ0) is 13.8. The number of halogens is 3. The standard InChI is InChI=1S/C13H13F3O2/c1-2-3-6-10(12(17)18)9-7-4-5-8-11(9)13(14,15)16/h4-8H,2-3H2,1H3,(H,17,18). The van der Waals surface area contributed by atoms with Crippen LogP contribution in [0.4, 0.5) is 13.2 Å². The Hall–Kier alpha value is -1.78. The quantitative estimate of drug-likeness (QED) is 0.829. The molecule has 0 aliphatic carbocycles. The smallest absolute Gasteiger partial charge is 0.417 e. The minimum absolute atomic E-state index is 0.286. The fraction of sp³-hybridized carbons (Fsp3) is 0.308. The van der Waals surface area contributed by atoms with Gasteiger partial charge >= 0.3 is 12.1 Å². The molecule has 1 N–H and O–H groups in total. The highest BCUT2D eigenvalue weighted by Gasteiger charge is 2.34. The number of rotatable bonds is 4. The van der Waals surface area contributed by atoms with E-state index in [0.29, 0.717) is 12.8 Å². The molecule has 0 saturated carbocycles. The third-order valence-electron chi connectivity index (χ3n) is 2.39. The van der Waals surface area contributed by atoms with Crippen LogP contribution in [-0.4, -0.2) is 11.1 Å². The molecular weight excluding hydrogens is 245 g/mol. The summed E-state index contributed by atoms with van der Waals surface area (Å²) in [6.07, 6.45) is -2.14. The Morgan fingerprint density at radius 2 is 1.94 bits per heavy atom. The lowest BCUT2D eigenvalue weighted by atomic mass is 9.98. The number of hydrogen-bond acceptors (Lipinski definition) is 1. The molecule has 98 valence electrons. The molecular formula is C13H13F3O2. The molecule has 1 rings (SSSR count). The van der Waals surface area contributed by atoms with Crippen LogP contribution in [0, 0.1) is 0 Å². The van der Waals surface area contributed by atoms with Gasteiger partial charge in [-0.2, -0.15) is 13.2 Å². The second kappa shape index (κ2) is 5.71. The molecule has 2 nitrogen and oxygen atoms in total. The van der Waals surface area contributed by atoms with Crippen molar-refractivity contribution in [3.63, 3.8) is 0 Å². The number of benzene rings is 1. The molecule has 0 atom stereocenters. The first-order chi connectivity index (χ1) is 8.38. The van der Waals surface area contributed by atoms with Crippen molar-refractivity contribution in [1.82, 2.24) is 0 Å². The fourth-order valence-electron chi connectivity index (χ4n) is 1.57. The van der Waals surface area contributed by atoms with Crippen molar-refractivity contribution in [3.8, 4) is 0 Å². The summed E-state index contributed by atoms with van der Waals surface area (Å²) in [5.74, 6) is -1.35. The van der Waals surface area contributed by atoms with Gasteiger partial charge in [0.15, 0.2) is 0 Å². The number of hydrogen-bond donors (Lipinski definition) is 1.